The van der Waals surface area contributed by atoms with E-state index in [0.717, 1.165) is 45.6 Å². The Morgan fingerprint density at radius 1 is 1.04 bits per heavy atom. The van der Waals surface area contributed by atoms with Crippen LogP contribution in [0.4, 0.5) is 4.79 Å². The van der Waals surface area contributed by atoms with Crippen molar-refractivity contribution in [2.75, 3.05) is 32.7 Å². The van der Waals surface area contributed by atoms with Crippen LogP contribution in [0.1, 0.15) is 18.4 Å². The molecular formula is C17H24N4O2. The first-order valence-electron chi connectivity index (χ1n) is 8.29. The Bertz CT molecular complexity index is 537. The standard InChI is InChI=1S/C17H24N4O2/c22-16(12-18-17(23)19-15-6-7-15)21-10-8-20(9-11-21)13-14-4-2-1-3-5-14/h1-5,15H,6-13H2,(H2,18,19,23). The van der Waals surface area contributed by atoms with Crippen molar-refractivity contribution in [3.8, 4) is 0 Å². The molecule has 124 valence electrons. The lowest BCUT2D eigenvalue weighted by molar-refractivity contribution is -0.131. The molecular weight excluding hydrogens is 292 g/mol. The fourth-order valence-corrected chi connectivity index (χ4v) is 2.73. The van der Waals surface area contributed by atoms with E-state index >= 15 is 0 Å². The average molecular weight is 316 g/mol. The van der Waals surface area contributed by atoms with Crippen LogP contribution in [-0.4, -0.2) is 60.5 Å². The molecule has 23 heavy (non-hydrogen) atoms. The minimum absolute atomic E-state index is 0.00434. The molecule has 3 amide bonds. The van der Waals surface area contributed by atoms with Gasteiger partial charge < -0.3 is 15.5 Å². The van der Waals surface area contributed by atoms with Gasteiger partial charge in [0.15, 0.2) is 0 Å². The van der Waals surface area contributed by atoms with Gasteiger partial charge in [-0.05, 0) is 18.4 Å². The number of carbonyl (C=O) groups is 2. The van der Waals surface area contributed by atoms with Crippen LogP contribution in [-0.2, 0) is 11.3 Å². The Labute approximate surface area is 136 Å². The molecule has 0 atom stereocenters. The zero-order valence-corrected chi connectivity index (χ0v) is 13.3. The van der Waals surface area contributed by atoms with Crippen LogP contribution in [0.15, 0.2) is 30.3 Å². The lowest BCUT2D eigenvalue weighted by Crippen LogP contribution is -2.51. The van der Waals surface area contributed by atoms with Crippen LogP contribution < -0.4 is 10.6 Å². The second kappa shape index (κ2) is 7.46. The number of hydrogen-bond donors (Lipinski definition) is 2. The summed E-state index contributed by atoms with van der Waals surface area (Å²) >= 11 is 0. The lowest BCUT2D eigenvalue weighted by Gasteiger charge is -2.34. The Hall–Kier alpha value is -2.08. The van der Waals surface area contributed by atoms with Gasteiger partial charge in [-0.1, -0.05) is 30.3 Å². The van der Waals surface area contributed by atoms with Crippen LogP contribution in [0.5, 0.6) is 0 Å². The van der Waals surface area contributed by atoms with Crippen LogP contribution in [0.3, 0.4) is 0 Å². The molecule has 0 aromatic heterocycles. The number of urea groups is 1. The highest BCUT2D eigenvalue weighted by molar-refractivity contribution is 5.84. The van der Waals surface area contributed by atoms with E-state index in [2.05, 4.69) is 27.7 Å². The van der Waals surface area contributed by atoms with E-state index in [1.807, 2.05) is 23.1 Å². The van der Waals surface area contributed by atoms with Crippen molar-refractivity contribution in [1.29, 1.82) is 0 Å². The van der Waals surface area contributed by atoms with Gasteiger partial charge in [-0.2, -0.15) is 0 Å². The molecule has 0 bridgehead atoms. The molecule has 0 unspecified atom stereocenters. The van der Waals surface area contributed by atoms with E-state index in [-0.39, 0.29) is 18.5 Å². The molecule has 1 heterocycles. The fraction of sp³-hybridized carbons (Fsp3) is 0.529. The maximum absolute atomic E-state index is 12.1. The van der Waals surface area contributed by atoms with E-state index in [4.69, 9.17) is 0 Å². The van der Waals surface area contributed by atoms with Crippen molar-refractivity contribution >= 4 is 11.9 Å². The van der Waals surface area contributed by atoms with Gasteiger partial charge in [0.05, 0.1) is 6.54 Å². The van der Waals surface area contributed by atoms with Crippen molar-refractivity contribution in [1.82, 2.24) is 20.4 Å². The summed E-state index contributed by atoms with van der Waals surface area (Å²) in [6.07, 6.45) is 2.09. The Kier molecular flexibility index (Phi) is 5.12. The van der Waals surface area contributed by atoms with Gasteiger partial charge in [0.1, 0.15) is 0 Å². The highest BCUT2D eigenvalue weighted by Crippen LogP contribution is 2.18. The highest BCUT2D eigenvalue weighted by Gasteiger charge is 2.24. The van der Waals surface area contributed by atoms with Crippen molar-refractivity contribution in [3.63, 3.8) is 0 Å². The molecule has 0 spiro atoms. The number of carbonyl (C=O) groups excluding carboxylic acids is 2. The number of nitrogens with zero attached hydrogens (tertiary/aromatic N) is 2. The fourth-order valence-electron chi connectivity index (χ4n) is 2.73. The number of hydrogen-bond acceptors (Lipinski definition) is 3. The third kappa shape index (κ3) is 4.96. The van der Waals surface area contributed by atoms with Gasteiger partial charge in [0.25, 0.3) is 0 Å². The van der Waals surface area contributed by atoms with Gasteiger partial charge in [0.2, 0.25) is 5.91 Å². The molecule has 6 heteroatoms. The third-order valence-electron chi connectivity index (χ3n) is 4.29. The average Bonchev–Trinajstić information content (AvgIpc) is 3.38. The van der Waals surface area contributed by atoms with Crippen molar-refractivity contribution in [2.45, 2.75) is 25.4 Å². The predicted molar refractivity (Wildman–Crippen MR) is 87.9 cm³/mol. The van der Waals surface area contributed by atoms with Crippen LogP contribution >= 0.6 is 0 Å². The number of nitrogens with one attached hydrogen (secondary N) is 2. The van der Waals surface area contributed by atoms with E-state index < -0.39 is 0 Å². The first-order valence-corrected chi connectivity index (χ1v) is 8.29. The molecule has 3 rings (SSSR count). The van der Waals surface area contributed by atoms with Crippen LogP contribution in [0.25, 0.3) is 0 Å². The minimum Gasteiger partial charge on any atom is -0.339 e. The third-order valence-corrected chi connectivity index (χ3v) is 4.29. The number of rotatable bonds is 5. The molecule has 6 nitrogen and oxygen atoms in total. The zero-order valence-electron chi connectivity index (χ0n) is 13.3. The smallest absolute Gasteiger partial charge is 0.315 e. The number of amides is 3. The molecule has 1 saturated carbocycles. The number of benzene rings is 1. The summed E-state index contributed by atoms with van der Waals surface area (Å²) in [5.74, 6) is -0.00434. The topological polar surface area (TPSA) is 64.7 Å². The summed E-state index contributed by atoms with van der Waals surface area (Å²) in [6, 6.07) is 10.4. The molecule has 2 fully saturated rings. The Morgan fingerprint density at radius 2 is 1.74 bits per heavy atom. The summed E-state index contributed by atoms with van der Waals surface area (Å²) < 4.78 is 0. The summed E-state index contributed by atoms with van der Waals surface area (Å²) in [5.41, 5.74) is 1.30. The van der Waals surface area contributed by atoms with E-state index in [1.165, 1.54) is 5.56 Å². The lowest BCUT2D eigenvalue weighted by atomic mass is 10.2. The summed E-state index contributed by atoms with van der Waals surface area (Å²) in [5, 5.41) is 5.46. The molecule has 2 aliphatic rings. The van der Waals surface area contributed by atoms with Gasteiger partial charge in [-0.3, -0.25) is 9.69 Å². The second-order valence-corrected chi connectivity index (χ2v) is 6.24. The monoisotopic (exact) mass is 316 g/mol. The largest absolute Gasteiger partial charge is 0.339 e. The molecule has 1 aliphatic heterocycles. The van der Waals surface area contributed by atoms with Gasteiger partial charge in [-0.15, -0.1) is 0 Å². The SMILES string of the molecule is O=C(NCC(=O)N1CCN(Cc2ccccc2)CC1)NC1CC1. The minimum atomic E-state index is -0.233. The quantitative estimate of drug-likeness (QED) is 0.844. The first-order chi connectivity index (χ1) is 11.2. The summed E-state index contributed by atoms with van der Waals surface area (Å²) in [7, 11) is 0. The van der Waals surface area contributed by atoms with Gasteiger partial charge in [0, 0.05) is 38.8 Å². The predicted octanol–water partition coefficient (Wildman–Crippen LogP) is 0.792. The Morgan fingerprint density at radius 3 is 2.39 bits per heavy atom. The maximum atomic E-state index is 12.1. The normalized spacial score (nSPS) is 18.5. The van der Waals surface area contributed by atoms with Crippen molar-refractivity contribution in [2.24, 2.45) is 0 Å². The van der Waals surface area contributed by atoms with Crippen molar-refractivity contribution < 1.29 is 9.59 Å². The second-order valence-electron chi connectivity index (χ2n) is 6.24. The molecule has 1 aromatic rings. The number of piperazine rings is 1. The zero-order chi connectivity index (χ0) is 16.1. The van der Waals surface area contributed by atoms with Gasteiger partial charge in [-0.25, -0.2) is 4.79 Å². The molecule has 1 saturated heterocycles. The van der Waals surface area contributed by atoms with Crippen molar-refractivity contribution in [3.05, 3.63) is 35.9 Å². The summed E-state index contributed by atoms with van der Waals surface area (Å²) in [6.45, 7) is 4.18. The molecule has 1 aliphatic carbocycles. The van der Waals surface area contributed by atoms with E-state index in [0.29, 0.717) is 6.04 Å². The first kappa shape index (κ1) is 15.8. The van der Waals surface area contributed by atoms with E-state index in [9.17, 15) is 9.59 Å². The van der Waals surface area contributed by atoms with Crippen LogP contribution in [0.2, 0.25) is 0 Å². The highest BCUT2D eigenvalue weighted by atomic mass is 16.2. The molecule has 2 N–H and O–H groups in total. The summed E-state index contributed by atoms with van der Waals surface area (Å²) in [4.78, 5) is 27.9. The Balaban J connectivity index is 1.36. The van der Waals surface area contributed by atoms with Gasteiger partial charge >= 0.3 is 6.03 Å². The maximum Gasteiger partial charge on any atom is 0.315 e. The molecule has 1 aromatic carbocycles. The van der Waals surface area contributed by atoms with Crippen LogP contribution in [0, 0.1) is 0 Å². The molecule has 0 radical (unpaired) electrons. The van der Waals surface area contributed by atoms with E-state index in [1.54, 1.807) is 0 Å².